The van der Waals surface area contributed by atoms with E-state index >= 15 is 0 Å². The molecule has 0 unspecified atom stereocenters. The van der Waals surface area contributed by atoms with Gasteiger partial charge in [0.15, 0.2) is 5.82 Å². The van der Waals surface area contributed by atoms with Gasteiger partial charge in [-0.1, -0.05) is 32.9 Å². The lowest BCUT2D eigenvalue weighted by molar-refractivity contribution is 0.443. The van der Waals surface area contributed by atoms with Gasteiger partial charge in [0.2, 0.25) is 0 Å². The van der Waals surface area contributed by atoms with Crippen molar-refractivity contribution in [1.82, 2.24) is 14.8 Å². The molecule has 96 valence electrons. The molecule has 0 bridgehead atoms. The lowest BCUT2D eigenvalue weighted by Gasteiger charge is -2.21. The molecule has 0 aliphatic carbocycles. The molecule has 2 rings (SSSR count). The number of hydrogen-bond donors (Lipinski definition) is 1. The smallest absolute Gasteiger partial charge is 0.165 e. The van der Waals surface area contributed by atoms with Crippen molar-refractivity contribution in [2.45, 2.75) is 20.8 Å². The highest BCUT2D eigenvalue weighted by Crippen LogP contribution is 2.26. The van der Waals surface area contributed by atoms with Crippen molar-refractivity contribution < 1.29 is 0 Å². The Labute approximate surface area is 108 Å². The van der Waals surface area contributed by atoms with E-state index < -0.39 is 0 Å². The minimum absolute atomic E-state index is 0.243. The lowest BCUT2D eigenvalue weighted by atomic mass is 9.96. The average molecular weight is 244 g/mol. The average Bonchev–Trinajstić information content (AvgIpc) is 2.72. The number of anilines is 1. The molecule has 0 aliphatic rings. The van der Waals surface area contributed by atoms with Crippen LogP contribution in [-0.4, -0.2) is 21.3 Å². The highest BCUT2D eigenvalue weighted by molar-refractivity contribution is 5.73. The number of rotatable bonds is 3. The van der Waals surface area contributed by atoms with Crippen molar-refractivity contribution in [3.8, 4) is 11.4 Å². The van der Waals surface area contributed by atoms with Gasteiger partial charge in [-0.2, -0.15) is 0 Å². The first-order valence-corrected chi connectivity index (χ1v) is 6.15. The van der Waals surface area contributed by atoms with E-state index in [1.54, 1.807) is 6.33 Å². The maximum absolute atomic E-state index is 4.16. The maximum Gasteiger partial charge on any atom is 0.165 e. The van der Waals surface area contributed by atoms with Gasteiger partial charge in [0.05, 0.1) is 0 Å². The third-order valence-electron chi connectivity index (χ3n) is 2.69. The number of para-hydroxylation sites is 1. The van der Waals surface area contributed by atoms with Gasteiger partial charge in [-0.15, -0.1) is 10.2 Å². The molecule has 4 nitrogen and oxygen atoms in total. The minimum atomic E-state index is 0.243. The van der Waals surface area contributed by atoms with Crippen molar-refractivity contribution in [3.05, 3.63) is 30.6 Å². The molecule has 0 aliphatic heterocycles. The molecule has 4 heteroatoms. The summed E-state index contributed by atoms with van der Waals surface area (Å²) < 4.78 is 1.93. The SMILES string of the molecule is Cn1cnnc1-c1ccccc1NCC(C)(C)C. The second-order valence-corrected chi connectivity index (χ2v) is 5.73. The maximum atomic E-state index is 4.16. The van der Waals surface area contributed by atoms with E-state index in [2.05, 4.69) is 48.4 Å². The third kappa shape index (κ3) is 2.88. The van der Waals surface area contributed by atoms with Crippen LogP contribution in [0.25, 0.3) is 11.4 Å². The van der Waals surface area contributed by atoms with E-state index in [1.807, 2.05) is 23.7 Å². The highest BCUT2D eigenvalue weighted by Gasteiger charge is 2.13. The van der Waals surface area contributed by atoms with E-state index in [4.69, 9.17) is 0 Å². The van der Waals surface area contributed by atoms with Crippen LogP contribution in [0.3, 0.4) is 0 Å². The highest BCUT2D eigenvalue weighted by atomic mass is 15.2. The molecule has 0 atom stereocenters. The molecule has 0 radical (unpaired) electrons. The van der Waals surface area contributed by atoms with E-state index in [0.29, 0.717) is 0 Å². The summed E-state index contributed by atoms with van der Waals surface area (Å²) in [5.74, 6) is 0.881. The third-order valence-corrected chi connectivity index (χ3v) is 2.69. The van der Waals surface area contributed by atoms with Gasteiger partial charge in [0.25, 0.3) is 0 Å². The van der Waals surface area contributed by atoms with Crippen molar-refractivity contribution in [3.63, 3.8) is 0 Å². The van der Waals surface area contributed by atoms with Crippen LogP contribution in [0.4, 0.5) is 5.69 Å². The summed E-state index contributed by atoms with van der Waals surface area (Å²) in [6.07, 6.45) is 1.72. The summed E-state index contributed by atoms with van der Waals surface area (Å²) in [5.41, 5.74) is 2.43. The number of hydrogen-bond acceptors (Lipinski definition) is 3. The second-order valence-electron chi connectivity index (χ2n) is 5.73. The summed E-state index contributed by atoms with van der Waals surface area (Å²) in [4.78, 5) is 0. The van der Waals surface area contributed by atoms with Gasteiger partial charge < -0.3 is 9.88 Å². The Morgan fingerprint density at radius 2 is 1.94 bits per heavy atom. The normalized spacial score (nSPS) is 11.6. The van der Waals surface area contributed by atoms with Crippen LogP contribution < -0.4 is 5.32 Å². The Morgan fingerprint density at radius 1 is 1.22 bits per heavy atom. The second kappa shape index (κ2) is 4.80. The molecule has 1 aromatic heterocycles. The van der Waals surface area contributed by atoms with Crippen LogP contribution in [0.2, 0.25) is 0 Å². The van der Waals surface area contributed by atoms with Gasteiger partial charge in [-0.25, -0.2) is 0 Å². The van der Waals surface area contributed by atoms with Crippen LogP contribution in [-0.2, 0) is 7.05 Å². The first-order chi connectivity index (χ1) is 8.47. The zero-order valence-electron chi connectivity index (χ0n) is 11.4. The van der Waals surface area contributed by atoms with Gasteiger partial charge in [0.1, 0.15) is 6.33 Å². The fourth-order valence-corrected chi connectivity index (χ4v) is 1.72. The number of aromatic nitrogens is 3. The molecule has 0 fully saturated rings. The van der Waals surface area contributed by atoms with Crippen LogP contribution >= 0.6 is 0 Å². The number of nitrogens with one attached hydrogen (secondary N) is 1. The Bertz CT molecular complexity index is 523. The molecule has 0 saturated carbocycles. The standard InChI is InChI=1S/C14H20N4/c1-14(2,3)9-15-12-8-6-5-7-11(12)13-17-16-10-18(13)4/h5-8,10,15H,9H2,1-4H3. The molecule has 1 heterocycles. The first kappa shape index (κ1) is 12.6. The van der Waals surface area contributed by atoms with Gasteiger partial charge in [0, 0.05) is 24.8 Å². The summed E-state index contributed by atoms with van der Waals surface area (Å²) in [6, 6.07) is 8.20. The molecular formula is C14H20N4. The van der Waals surface area contributed by atoms with Crippen molar-refractivity contribution >= 4 is 5.69 Å². The van der Waals surface area contributed by atoms with Gasteiger partial charge in [-0.3, -0.25) is 0 Å². The zero-order chi connectivity index (χ0) is 13.2. The fourth-order valence-electron chi connectivity index (χ4n) is 1.72. The first-order valence-electron chi connectivity index (χ1n) is 6.15. The molecule has 18 heavy (non-hydrogen) atoms. The Morgan fingerprint density at radius 3 is 2.56 bits per heavy atom. The summed E-state index contributed by atoms with van der Waals surface area (Å²) >= 11 is 0. The molecule has 0 saturated heterocycles. The number of nitrogens with zero attached hydrogens (tertiary/aromatic N) is 3. The quantitative estimate of drug-likeness (QED) is 0.902. The largest absolute Gasteiger partial charge is 0.384 e. The van der Waals surface area contributed by atoms with Crippen LogP contribution in [0.5, 0.6) is 0 Å². The number of benzene rings is 1. The van der Waals surface area contributed by atoms with E-state index in [1.165, 1.54) is 0 Å². The predicted molar refractivity (Wildman–Crippen MR) is 74.4 cm³/mol. The van der Waals surface area contributed by atoms with Crippen LogP contribution in [0, 0.1) is 5.41 Å². The monoisotopic (exact) mass is 244 g/mol. The van der Waals surface area contributed by atoms with Crippen molar-refractivity contribution in [2.24, 2.45) is 12.5 Å². The molecular weight excluding hydrogens is 224 g/mol. The minimum Gasteiger partial charge on any atom is -0.384 e. The number of aryl methyl sites for hydroxylation is 1. The Hall–Kier alpha value is -1.84. The van der Waals surface area contributed by atoms with E-state index in [0.717, 1.165) is 23.6 Å². The molecule has 0 spiro atoms. The van der Waals surface area contributed by atoms with E-state index in [-0.39, 0.29) is 5.41 Å². The molecule has 1 aromatic carbocycles. The summed E-state index contributed by atoms with van der Waals surface area (Å²) in [7, 11) is 1.95. The van der Waals surface area contributed by atoms with E-state index in [9.17, 15) is 0 Å². The topological polar surface area (TPSA) is 42.7 Å². The van der Waals surface area contributed by atoms with Crippen LogP contribution in [0.1, 0.15) is 20.8 Å². The summed E-state index contributed by atoms with van der Waals surface area (Å²) in [5, 5.41) is 11.6. The fraction of sp³-hybridized carbons (Fsp3) is 0.429. The zero-order valence-corrected chi connectivity index (χ0v) is 11.4. The lowest BCUT2D eigenvalue weighted by Crippen LogP contribution is -2.19. The summed E-state index contributed by atoms with van der Waals surface area (Å²) in [6.45, 7) is 7.56. The van der Waals surface area contributed by atoms with Gasteiger partial charge >= 0.3 is 0 Å². The predicted octanol–water partition coefficient (Wildman–Crippen LogP) is 2.94. The Balaban J connectivity index is 2.29. The van der Waals surface area contributed by atoms with Crippen molar-refractivity contribution in [2.75, 3.05) is 11.9 Å². The molecule has 2 aromatic rings. The van der Waals surface area contributed by atoms with Crippen molar-refractivity contribution in [1.29, 1.82) is 0 Å². The molecule has 0 amide bonds. The van der Waals surface area contributed by atoms with Crippen LogP contribution in [0.15, 0.2) is 30.6 Å². The van der Waals surface area contributed by atoms with Gasteiger partial charge in [-0.05, 0) is 17.5 Å². The Kier molecular flexibility index (Phi) is 3.36. The molecule has 1 N–H and O–H groups in total.